The van der Waals surface area contributed by atoms with Crippen molar-refractivity contribution < 1.29 is 4.39 Å². The Labute approximate surface area is 170 Å². The molecule has 28 heavy (non-hydrogen) atoms. The van der Waals surface area contributed by atoms with Gasteiger partial charge in [0.05, 0.1) is 5.69 Å². The molecule has 1 aliphatic carbocycles. The molecule has 2 aromatic rings. The van der Waals surface area contributed by atoms with E-state index in [1.165, 1.54) is 63.4 Å². The molecule has 2 heteroatoms. The lowest BCUT2D eigenvalue weighted by Gasteiger charge is -2.28. The van der Waals surface area contributed by atoms with Crippen LogP contribution in [0.3, 0.4) is 0 Å². The van der Waals surface area contributed by atoms with Crippen LogP contribution in [0.15, 0.2) is 36.5 Å². The maximum absolute atomic E-state index is 14.5. The summed E-state index contributed by atoms with van der Waals surface area (Å²) in [5, 5.41) is 0. The first-order valence-corrected chi connectivity index (χ1v) is 11.5. The van der Waals surface area contributed by atoms with Crippen molar-refractivity contribution in [2.24, 2.45) is 5.92 Å². The van der Waals surface area contributed by atoms with Gasteiger partial charge in [-0.2, -0.15) is 0 Å². The topological polar surface area (TPSA) is 12.9 Å². The van der Waals surface area contributed by atoms with Crippen molar-refractivity contribution in [2.45, 2.75) is 90.4 Å². The zero-order valence-corrected chi connectivity index (χ0v) is 17.7. The van der Waals surface area contributed by atoms with Crippen molar-refractivity contribution in [3.05, 3.63) is 53.5 Å². The number of hydrogen-bond donors (Lipinski definition) is 0. The third kappa shape index (κ3) is 5.65. The van der Waals surface area contributed by atoms with Crippen LogP contribution in [-0.4, -0.2) is 4.98 Å². The second kappa shape index (κ2) is 10.7. The van der Waals surface area contributed by atoms with Crippen molar-refractivity contribution in [3.63, 3.8) is 0 Å². The Balaban J connectivity index is 1.55. The molecule has 0 atom stereocenters. The molecule has 1 heterocycles. The quantitative estimate of drug-likeness (QED) is 0.400. The molecule has 152 valence electrons. The first-order valence-electron chi connectivity index (χ1n) is 11.5. The summed E-state index contributed by atoms with van der Waals surface area (Å²) in [6.07, 6.45) is 16.1. The van der Waals surface area contributed by atoms with Gasteiger partial charge in [-0.1, -0.05) is 64.5 Å². The molecule has 1 saturated carbocycles. The summed E-state index contributed by atoms with van der Waals surface area (Å²) in [6, 6.07) is 9.75. The zero-order chi connectivity index (χ0) is 19.8. The van der Waals surface area contributed by atoms with E-state index in [4.69, 9.17) is 0 Å². The first kappa shape index (κ1) is 21.0. The highest BCUT2D eigenvalue weighted by Crippen LogP contribution is 2.38. The van der Waals surface area contributed by atoms with Gasteiger partial charge in [0.1, 0.15) is 5.82 Å². The van der Waals surface area contributed by atoms with Gasteiger partial charge < -0.3 is 0 Å². The summed E-state index contributed by atoms with van der Waals surface area (Å²) in [4.78, 5) is 4.61. The summed E-state index contributed by atoms with van der Waals surface area (Å²) in [5.41, 5.74) is 3.75. The van der Waals surface area contributed by atoms with Gasteiger partial charge in [-0.15, -0.1) is 0 Å². The van der Waals surface area contributed by atoms with Crippen LogP contribution in [0, 0.1) is 11.7 Å². The monoisotopic (exact) mass is 381 g/mol. The van der Waals surface area contributed by atoms with Crippen molar-refractivity contribution >= 4 is 0 Å². The summed E-state index contributed by atoms with van der Waals surface area (Å²) >= 11 is 0. The van der Waals surface area contributed by atoms with Gasteiger partial charge in [-0.05, 0) is 73.3 Å². The van der Waals surface area contributed by atoms with Crippen molar-refractivity contribution in [1.29, 1.82) is 0 Å². The molecule has 0 radical (unpaired) electrons. The summed E-state index contributed by atoms with van der Waals surface area (Å²) in [5.74, 6) is 1.40. The van der Waals surface area contributed by atoms with Gasteiger partial charge in [0.2, 0.25) is 0 Å². The third-order valence-corrected chi connectivity index (χ3v) is 6.42. The number of aromatic nitrogens is 1. The van der Waals surface area contributed by atoms with E-state index in [9.17, 15) is 4.39 Å². The highest BCUT2D eigenvalue weighted by atomic mass is 19.1. The third-order valence-electron chi connectivity index (χ3n) is 6.42. The number of halogens is 1. The Morgan fingerprint density at radius 3 is 2.39 bits per heavy atom. The predicted molar refractivity (Wildman–Crippen MR) is 117 cm³/mol. The Morgan fingerprint density at radius 2 is 1.75 bits per heavy atom. The molecule has 0 saturated heterocycles. The van der Waals surface area contributed by atoms with E-state index in [0.29, 0.717) is 11.5 Å². The smallest absolute Gasteiger partial charge is 0.132 e. The van der Waals surface area contributed by atoms with Crippen molar-refractivity contribution in [3.8, 4) is 11.3 Å². The minimum absolute atomic E-state index is 0.158. The standard InChI is InChI=1S/C26H36FN/c1-3-5-6-7-9-20-10-13-22(14-11-20)23-15-17-26(28-19-23)24-16-12-21(8-4-2)18-25(24)27/h12,15-20,22H,3-11,13-14H2,1-2H3/t20-,22-. The number of rotatable bonds is 9. The Hall–Kier alpha value is -1.70. The van der Waals surface area contributed by atoms with E-state index in [2.05, 4.69) is 24.9 Å². The normalized spacial score (nSPS) is 19.7. The average molecular weight is 382 g/mol. The lowest BCUT2D eigenvalue weighted by Crippen LogP contribution is -2.13. The summed E-state index contributed by atoms with van der Waals surface area (Å²) in [7, 11) is 0. The number of nitrogens with zero attached hydrogens (tertiary/aromatic N) is 1. The van der Waals surface area contributed by atoms with Gasteiger partial charge in [-0.3, -0.25) is 4.98 Å². The van der Waals surface area contributed by atoms with Crippen LogP contribution in [0.4, 0.5) is 4.39 Å². The van der Waals surface area contributed by atoms with Crippen LogP contribution in [0.2, 0.25) is 0 Å². The summed E-state index contributed by atoms with van der Waals surface area (Å²) < 4.78 is 14.5. The molecule has 0 aliphatic heterocycles. The van der Waals surface area contributed by atoms with Crippen LogP contribution in [-0.2, 0) is 6.42 Å². The van der Waals surface area contributed by atoms with Crippen LogP contribution < -0.4 is 0 Å². The molecule has 1 aromatic carbocycles. The van der Waals surface area contributed by atoms with Gasteiger partial charge in [-0.25, -0.2) is 4.39 Å². The number of unbranched alkanes of at least 4 members (excludes halogenated alkanes) is 3. The molecule has 0 spiro atoms. The first-order chi connectivity index (χ1) is 13.7. The van der Waals surface area contributed by atoms with Gasteiger partial charge in [0, 0.05) is 11.8 Å². The predicted octanol–water partition coefficient (Wildman–Crippen LogP) is 8.08. The van der Waals surface area contributed by atoms with Crippen LogP contribution in [0.1, 0.15) is 95.1 Å². The average Bonchev–Trinajstić information content (AvgIpc) is 2.72. The molecule has 1 nitrogen and oxygen atoms in total. The fourth-order valence-corrected chi connectivity index (χ4v) is 4.66. The molecule has 1 fully saturated rings. The molecule has 0 amide bonds. The summed E-state index contributed by atoms with van der Waals surface area (Å²) in [6.45, 7) is 4.40. The number of hydrogen-bond acceptors (Lipinski definition) is 1. The molecule has 1 aromatic heterocycles. The fraction of sp³-hybridized carbons (Fsp3) is 0.577. The maximum Gasteiger partial charge on any atom is 0.132 e. The van der Waals surface area contributed by atoms with E-state index >= 15 is 0 Å². The van der Waals surface area contributed by atoms with Gasteiger partial charge in [0.15, 0.2) is 0 Å². The minimum atomic E-state index is -0.158. The lowest BCUT2D eigenvalue weighted by molar-refractivity contribution is 0.302. The SMILES string of the molecule is CCCCCC[C@H]1CC[C@H](c2ccc(-c3ccc(CCC)cc3F)nc2)CC1. The molecule has 3 rings (SSSR count). The molecule has 0 unspecified atom stereocenters. The van der Waals surface area contributed by atoms with E-state index in [1.54, 1.807) is 6.07 Å². The second-order valence-electron chi connectivity index (χ2n) is 8.61. The highest BCUT2D eigenvalue weighted by Gasteiger charge is 2.22. The zero-order valence-electron chi connectivity index (χ0n) is 17.7. The lowest BCUT2D eigenvalue weighted by atomic mass is 9.77. The fourth-order valence-electron chi connectivity index (χ4n) is 4.66. The van der Waals surface area contributed by atoms with Crippen LogP contribution in [0.25, 0.3) is 11.3 Å². The minimum Gasteiger partial charge on any atom is -0.256 e. The van der Waals surface area contributed by atoms with Crippen LogP contribution in [0.5, 0.6) is 0 Å². The largest absolute Gasteiger partial charge is 0.256 e. The molecular weight excluding hydrogens is 345 g/mol. The Morgan fingerprint density at radius 1 is 0.929 bits per heavy atom. The second-order valence-corrected chi connectivity index (χ2v) is 8.61. The van der Waals surface area contributed by atoms with Gasteiger partial charge >= 0.3 is 0 Å². The maximum atomic E-state index is 14.5. The van der Waals surface area contributed by atoms with E-state index in [1.807, 2.05) is 24.4 Å². The van der Waals surface area contributed by atoms with Crippen molar-refractivity contribution in [2.75, 3.05) is 0 Å². The van der Waals surface area contributed by atoms with E-state index in [-0.39, 0.29) is 5.82 Å². The van der Waals surface area contributed by atoms with Crippen molar-refractivity contribution in [1.82, 2.24) is 4.98 Å². The molecular formula is C26H36FN. The van der Waals surface area contributed by atoms with Crippen LogP contribution >= 0.6 is 0 Å². The van der Waals surface area contributed by atoms with E-state index < -0.39 is 0 Å². The molecule has 1 aliphatic rings. The molecule has 0 bridgehead atoms. The highest BCUT2D eigenvalue weighted by molar-refractivity contribution is 5.60. The number of pyridine rings is 1. The number of aryl methyl sites for hydroxylation is 1. The molecule has 0 N–H and O–H groups in total. The number of benzene rings is 1. The van der Waals surface area contributed by atoms with Gasteiger partial charge in [0.25, 0.3) is 0 Å². The Bertz CT molecular complexity index is 714. The van der Waals surface area contributed by atoms with E-state index in [0.717, 1.165) is 30.0 Å². The Kier molecular flexibility index (Phi) is 8.06.